The van der Waals surface area contributed by atoms with E-state index in [0.29, 0.717) is 0 Å². The van der Waals surface area contributed by atoms with E-state index in [1.165, 1.54) is 17.5 Å². The largest absolute Gasteiger partial charge is 0.396 e. The van der Waals surface area contributed by atoms with Crippen molar-refractivity contribution >= 4 is 6.08 Å². The maximum absolute atomic E-state index is 8.61. The summed E-state index contributed by atoms with van der Waals surface area (Å²) in [7, 11) is 0. The Kier molecular flexibility index (Phi) is 5.02. The minimum atomic E-state index is 0.227. The molecule has 0 amide bonds. The summed E-state index contributed by atoms with van der Waals surface area (Å²) >= 11 is 0. The van der Waals surface area contributed by atoms with Crippen molar-refractivity contribution in [1.82, 2.24) is 0 Å². The number of hydrogen-bond donors (Lipinski definition) is 1. The maximum atomic E-state index is 8.61. The van der Waals surface area contributed by atoms with E-state index >= 15 is 0 Å². The van der Waals surface area contributed by atoms with Gasteiger partial charge in [0.05, 0.1) is 0 Å². The first kappa shape index (κ1) is 11.0. The molecule has 0 spiro atoms. The van der Waals surface area contributed by atoms with Crippen LogP contribution in [-0.2, 0) is 6.42 Å². The van der Waals surface area contributed by atoms with E-state index in [0.717, 1.165) is 12.8 Å². The molecule has 0 aliphatic heterocycles. The van der Waals surface area contributed by atoms with Gasteiger partial charge >= 0.3 is 0 Å². The van der Waals surface area contributed by atoms with Crippen LogP contribution in [0.15, 0.2) is 30.3 Å². The van der Waals surface area contributed by atoms with Crippen molar-refractivity contribution in [3.05, 3.63) is 41.5 Å². The van der Waals surface area contributed by atoms with E-state index in [1.54, 1.807) is 0 Å². The third-order valence-corrected chi connectivity index (χ3v) is 2.12. The Balaban J connectivity index is 2.54. The van der Waals surface area contributed by atoms with E-state index < -0.39 is 0 Å². The number of aliphatic hydroxyl groups is 1. The summed E-state index contributed by atoms with van der Waals surface area (Å²) in [4.78, 5) is 0. The van der Waals surface area contributed by atoms with Crippen molar-refractivity contribution in [3.63, 3.8) is 0 Å². The van der Waals surface area contributed by atoms with Crippen molar-refractivity contribution in [2.75, 3.05) is 6.61 Å². The molecule has 0 atom stereocenters. The minimum Gasteiger partial charge on any atom is -0.396 e. The van der Waals surface area contributed by atoms with Gasteiger partial charge in [-0.2, -0.15) is 0 Å². The number of hydrogen-bond acceptors (Lipinski definition) is 1. The third-order valence-electron chi connectivity index (χ3n) is 2.12. The van der Waals surface area contributed by atoms with Gasteiger partial charge in [0, 0.05) is 6.61 Å². The van der Waals surface area contributed by atoms with Crippen LogP contribution in [0.2, 0.25) is 0 Å². The van der Waals surface area contributed by atoms with Crippen LogP contribution in [0.1, 0.15) is 30.9 Å². The molecule has 76 valence electrons. The highest BCUT2D eigenvalue weighted by Gasteiger charge is 1.90. The fraction of sp³-hybridized carbons (Fsp3) is 0.385. The Hall–Kier alpha value is -1.08. The quantitative estimate of drug-likeness (QED) is 0.756. The average Bonchev–Trinajstić information content (AvgIpc) is 2.21. The average molecular weight is 190 g/mol. The predicted molar refractivity (Wildman–Crippen MR) is 61.2 cm³/mol. The van der Waals surface area contributed by atoms with Crippen molar-refractivity contribution in [3.8, 4) is 0 Å². The molecule has 0 saturated heterocycles. The van der Waals surface area contributed by atoms with Crippen LogP contribution in [0, 0.1) is 0 Å². The fourth-order valence-corrected chi connectivity index (χ4v) is 1.38. The zero-order valence-corrected chi connectivity index (χ0v) is 8.74. The molecular weight excluding hydrogens is 172 g/mol. The fourth-order valence-electron chi connectivity index (χ4n) is 1.38. The van der Waals surface area contributed by atoms with Crippen LogP contribution >= 0.6 is 0 Å². The molecule has 0 bridgehead atoms. The monoisotopic (exact) mass is 190 g/mol. The SMILES string of the molecule is CCCc1ccc(C=CCCO)cc1. The summed E-state index contributed by atoms with van der Waals surface area (Å²) in [5, 5.41) is 8.61. The van der Waals surface area contributed by atoms with E-state index in [2.05, 4.69) is 31.2 Å². The van der Waals surface area contributed by atoms with Gasteiger partial charge in [-0.1, -0.05) is 49.8 Å². The molecule has 14 heavy (non-hydrogen) atoms. The Morgan fingerprint density at radius 2 is 1.93 bits per heavy atom. The third kappa shape index (κ3) is 3.75. The molecule has 0 saturated carbocycles. The van der Waals surface area contributed by atoms with E-state index in [9.17, 15) is 0 Å². The Morgan fingerprint density at radius 3 is 2.50 bits per heavy atom. The Labute approximate surface area is 86.1 Å². The van der Waals surface area contributed by atoms with Crippen LogP contribution in [0.4, 0.5) is 0 Å². The zero-order chi connectivity index (χ0) is 10.2. The highest BCUT2D eigenvalue weighted by Crippen LogP contribution is 2.08. The highest BCUT2D eigenvalue weighted by atomic mass is 16.2. The van der Waals surface area contributed by atoms with Crippen LogP contribution in [0.25, 0.3) is 6.08 Å². The minimum absolute atomic E-state index is 0.227. The number of rotatable bonds is 5. The lowest BCUT2D eigenvalue weighted by Gasteiger charge is -1.98. The molecule has 0 heterocycles. The lowest BCUT2D eigenvalue weighted by atomic mass is 10.1. The summed E-state index contributed by atoms with van der Waals surface area (Å²) < 4.78 is 0. The number of aryl methyl sites for hydroxylation is 1. The molecule has 0 aromatic heterocycles. The Bertz CT molecular complexity index is 272. The molecular formula is C13H18O. The van der Waals surface area contributed by atoms with Gasteiger partial charge in [-0.25, -0.2) is 0 Å². The van der Waals surface area contributed by atoms with Crippen LogP contribution in [0.3, 0.4) is 0 Å². The molecule has 1 heteroatoms. The second-order valence-electron chi connectivity index (χ2n) is 3.41. The van der Waals surface area contributed by atoms with E-state index in [-0.39, 0.29) is 6.61 Å². The van der Waals surface area contributed by atoms with Crippen LogP contribution in [-0.4, -0.2) is 11.7 Å². The van der Waals surface area contributed by atoms with Gasteiger partial charge in [0.2, 0.25) is 0 Å². The van der Waals surface area contributed by atoms with Gasteiger partial charge < -0.3 is 5.11 Å². The normalized spacial score (nSPS) is 11.0. The van der Waals surface area contributed by atoms with E-state index in [4.69, 9.17) is 5.11 Å². The molecule has 1 nitrogen and oxygen atoms in total. The topological polar surface area (TPSA) is 20.2 Å². The molecule has 0 fully saturated rings. The summed E-state index contributed by atoms with van der Waals surface area (Å²) in [6.07, 6.45) is 7.12. The van der Waals surface area contributed by atoms with E-state index in [1.807, 2.05) is 12.2 Å². The van der Waals surface area contributed by atoms with Gasteiger partial charge in [0.15, 0.2) is 0 Å². The maximum Gasteiger partial charge on any atom is 0.0465 e. The van der Waals surface area contributed by atoms with Gasteiger partial charge in [-0.3, -0.25) is 0 Å². The molecule has 0 aliphatic rings. The predicted octanol–water partition coefficient (Wildman–Crippen LogP) is 3.03. The summed E-state index contributed by atoms with van der Waals surface area (Å²) in [5.74, 6) is 0. The van der Waals surface area contributed by atoms with Crippen molar-refractivity contribution < 1.29 is 5.11 Å². The summed E-state index contributed by atoms with van der Waals surface area (Å²) in [5.41, 5.74) is 2.60. The van der Waals surface area contributed by atoms with Crippen molar-refractivity contribution in [2.24, 2.45) is 0 Å². The standard InChI is InChI=1S/C13H18O/c1-2-5-12-7-9-13(10-8-12)6-3-4-11-14/h3,6-10,14H,2,4-5,11H2,1H3. The van der Waals surface area contributed by atoms with Gasteiger partial charge in [0.25, 0.3) is 0 Å². The second kappa shape index (κ2) is 6.39. The Morgan fingerprint density at radius 1 is 1.21 bits per heavy atom. The molecule has 1 aromatic carbocycles. The van der Waals surface area contributed by atoms with Gasteiger partial charge in [-0.05, 0) is 24.0 Å². The van der Waals surface area contributed by atoms with Gasteiger partial charge in [-0.15, -0.1) is 0 Å². The number of aliphatic hydroxyl groups excluding tert-OH is 1. The molecule has 0 aliphatic carbocycles. The first-order valence-corrected chi connectivity index (χ1v) is 5.23. The summed E-state index contributed by atoms with van der Waals surface area (Å²) in [6, 6.07) is 8.59. The zero-order valence-electron chi connectivity index (χ0n) is 8.74. The first-order chi connectivity index (χ1) is 6.86. The lowest BCUT2D eigenvalue weighted by Crippen LogP contribution is -1.82. The van der Waals surface area contributed by atoms with Crippen LogP contribution in [0.5, 0.6) is 0 Å². The van der Waals surface area contributed by atoms with Crippen molar-refractivity contribution in [2.45, 2.75) is 26.2 Å². The van der Waals surface area contributed by atoms with Gasteiger partial charge in [0.1, 0.15) is 0 Å². The molecule has 1 N–H and O–H groups in total. The first-order valence-electron chi connectivity index (χ1n) is 5.23. The highest BCUT2D eigenvalue weighted by molar-refractivity contribution is 5.49. The number of benzene rings is 1. The molecule has 1 aromatic rings. The smallest absolute Gasteiger partial charge is 0.0465 e. The lowest BCUT2D eigenvalue weighted by molar-refractivity contribution is 0.303. The molecule has 1 rings (SSSR count). The van der Waals surface area contributed by atoms with Crippen LogP contribution < -0.4 is 0 Å². The van der Waals surface area contributed by atoms with Crippen molar-refractivity contribution in [1.29, 1.82) is 0 Å². The molecule has 0 unspecified atom stereocenters. The molecule has 0 radical (unpaired) electrons. The summed E-state index contributed by atoms with van der Waals surface area (Å²) in [6.45, 7) is 2.42. The second-order valence-corrected chi connectivity index (χ2v) is 3.41.